The first-order chi connectivity index (χ1) is 10.2. The van der Waals surface area contributed by atoms with Crippen molar-refractivity contribution in [2.24, 2.45) is 0 Å². The number of carbonyl (C=O) groups is 2. The number of para-hydroxylation sites is 1. The highest BCUT2D eigenvalue weighted by Gasteiger charge is 2.33. The van der Waals surface area contributed by atoms with Gasteiger partial charge in [-0.2, -0.15) is 0 Å². The molecule has 0 radical (unpaired) electrons. The summed E-state index contributed by atoms with van der Waals surface area (Å²) in [6.07, 6.45) is 3.17. The average molecular weight is 282 g/mol. The Bertz CT molecular complexity index is 685. The maximum atomic E-state index is 12.6. The predicted octanol–water partition coefficient (Wildman–Crippen LogP) is 2.30. The van der Waals surface area contributed by atoms with E-state index in [0.717, 1.165) is 11.3 Å². The number of carbonyl (C=O) groups excluding carboxylic acids is 1. The fraction of sp³-hybridized carbons (Fsp3) is 0.188. The van der Waals surface area contributed by atoms with Crippen LogP contribution in [0, 0.1) is 0 Å². The van der Waals surface area contributed by atoms with E-state index in [2.05, 4.69) is 4.98 Å². The Morgan fingerprint density at radius 1 is 1.19 bits per heavy atom. The highest BCUT2D eigenvalue weighted by atomic mass is 16.4. The molecule has 1 amide bonds. The zero-order valence-electron chi connectivity index (χ0n) is 11.3. The molecule has 3 rings (SSSR count). The summed E-state index contributed by atoms with van der Waals surface area (Å²) in [6, 6.07) is 10.8. The molecule has 1 aromatic carbocycles. The van der Waals surface area contributed by atoms with Gasteiger partial charge in [-0.15, -0.1) is 0 Å². The number of hydrogen-bond donors (Lipinski definition) is 1. The quantitative estimate of drug-likeness (QED) is 0.937. The van der Waals surface area contributed by atoms with Gasteiger partial charge in [0.05, 0.1) is 6.42 Å². The Morgan fingerprint density at radius 3 is 2.62 bits per heavy atom. The first-order valence-corrected chi connectivity index (χ1v) is 6.69. The lowest BCUT2D eigenvalue weighted by atomic mass is 9.98. The molecule has 1 N–H and O–H groups in total. The Morgan fingerprint density at radius 2 is 1.90 bits per heavy atom. The number of carboxylic acid groups (broad SMARTS) is 1. The second-order valence-electron chi connectivity index (χ2n) is 5.01. The summed E-state index contributed by atoms with van der Waals surface area (Å²) < 4.78 is 0. The molecule has 21 heavy (non-hydrogen) atoms. The van der Waals surface area contributed by atoms with Crippen molar-refractivity contribution in [2.75, 3.05) is 11.4 Å². The first kappa shape index (κ1) is 13.3. The molecule has 0 aliphatic carbocycles. The Kier molecular flexibility index (Phi) is 3.39. The third-order valence-corrected chi connectivity index (χ3v) is 3.66. The van der Waals surface area contributed by atoms with Gasteiger partial charge in [-0.05, 0) is 23.8 Å². The van der Waals surface area contributed by atoms with Crippen LogP contribution in [0.3, 0.4) is 0 Å². The number of anilines is 1. The highest BCUT2D eigenvalue weighted by Crippen LogP contribution is 2.38. The molecular weight excluding hydrogens is 268 g/mol. The molecule has 1 atom stereocenters. The van der Waals surface area contributed by atoms with Crippen LogP contribution >= 0.6 is 0 Å². The second-order valence-corrected chi connectivity index (χ2v) is 5.01. The van der Waals surface area contributed by atoms with E-state index in [0.29, 0.717) is 12.1 Å². The van der Waals surface area contributed by atoms with Crippen LogP contribution in [0.2, 0.25) is 0 Å². The fourth-order valence-electron chi connectivity index (χ4n) is 2.72. The molecule has 1 aliphatic rings. The molecule has 5 heteroatoms. The first-order valence-electron chi connectivity index (χ1n) is 6.69. The van der Waals surface area contributed by atoms with E-state index in [1.54, 1.807) is 29.4 Å². The molecule has 5 nitrogen and oxygen atoms in total. The van der Waals surface area contributed by atoms with E-state index < -0.39 is 5.97 Å². The summed E-state index contributed by atoms with van der Waals surface area (Å²) in [5.41, 5.74) is 2.27. The number of nitrogens with zero attached hydrogens (tertiary/aromatic N) is 2. The summed E-state index contributed by atoms with van der Waals surface area (Å²) in [4.78, 5) is 29.1. The van der Waals surface area contributed by atoms with Crippen LogP contribution in [0.15, 0.2) is 48.8 Å². The number of amides is 1. The van der Waals surface area contributed by atoms with Gasteiger partial charge < -0.3 is 10.0 Å². The smallest absolute Gasteiger partial charge is 0.304 e. The van der Waals surface area contributed by atoms with Gasteiger partial charge >= 0.3 is 5.97 Å². The zero-order valence-corrected chi connectivity index (χ0v) is 11.3. The maximum absolute atomic E-state index is 12.6. The van der Waals surface area contributed by atoms with E-state index in [1.165, 1.54) is 0 Å². The molecule has 1 aliphatic heterocycles. The van der Waals surface area contributed by atoms with Crippen molar-refractivity contribution < 1.29 is 14.7 Å². The molecular formula is C16H14N2O3. The number of benzene rings is 1. The minimum absolute atomic E-state index is 0.0249. The molecule has 2 aromatic rings. The van der Waals surface area contributed by atoms with Crippen molar-refractivity contribution in [1.82, 2.24) is 4.98 Å². The van der Waals surface area contributed by atoms with Crippen LogP contribution in [-0.2, 0) is 4.79 Å². The minimum Gasteiger partial charge on any atom is -0.481 e. The van der Waals surface area contributed by atoms with Crippen LogP contribution in [0.5, 0.6) is 0 Å². The van der Waals surface area contributed by atoms with E-state index in [1.807, 2.05) is 24.3 Å². The van der Waals surface area contributed by atoms with Crippen molar-refractivity contribution in [2.45, 2.75) is 12.3 Å². The molecule has 0 fully saturated rings. The molecule has 0 saturated carbocycles. The van der Waals surface area contributed by atoms with Gasteiger partial charge in [0.1, 0.15) is 0 Å². The van der Waals surface area contributed by atoms with E-state index in [4.69, 9.17) is 5.11 Å². The van der Waals surface area contributed by atoms with Crippen LogP contribution in [0.1, 0.15) is 28.3 Å². The largest absolute Gasteiger partial charge is 0.481 e. The number of carboxylic acids is 1. The number of pyridine rings is 1. The lowest BCUT2D eigenvalue weighted by Crippen LogP contribution is -2.30. The molecule has 106 valence electrons. The second kappa shape index (κ2) is 5.36. The van der Waals surface area contributed by atoms with Gasteiger partial charge in [-0.3, -0.25) is 14.6 Å². The Balaban J connectivity index is 1.94. The van der Waals surface area contributed by atoms with Gasteiger partial charge in [-0.1, -0.05) is 18.2 Å². The summed E-state index contributed by atoms with van der Waals surface area (Å²) in [7, 11) is 0. The minimum atomic E-state index is -0.854. The van der Waals surface area contributed by atoms with Crippen LogP contribution in [0.4, 0.5) is 5.69 Å². The number of aromatic nitrogens is 1. The third kappa shape index (κ3) is 2.50. The lowest BCUT2D eigenvalue weighted by Gasteiger charge is -2.17. The van der Waals surface area contributed by atoms with Gasteiger partial charge in [0.15, 0.2) is 0 Å². The van der Waals surface area contributed by atoms with Gasteiger partial charge in [-0.25, -0.2) is 0 Å². The molecule has 1 aromatic heterocycles. The third-order valence-electron chi connectivity index (χ3n) is 3.66. The maximum Gasteiger partial charge on any atom is 0.304 e. The normalized spacial score (nSPS) is 16.6. The van der Waals surface area contributed by atoms with Crippen LogP contribution in [-0.4, -0.2) is 28.5 Å². The van der Waals surface area contributed by atoms with E-state index >= 15 is 0 Å². The number of fused-ring (bicyclic) bond motifs is 1. The van der Waals surface area contributed by atoms with Crippen LogP contribution in [0.25, 0.3) is 0 Å². The Labute approximate surface area is 121 Å². The van der Waals surface area contributed by atoms with Crippen molar-refractivity contribution in [3.8, 4) is 0 Å². The van der Waals surface area contributed by atoms with Crippen molar-refractivity contribution in [1.29, 1.82) is 0 Å². The summed E-state index contributed by atoms with van der Waals surface area (Å²) in [5.74, 6) is -1.14. The standard InChI is InChI=1S/C16H14N2O3/c19-15(20)9-12-10-18(14-4-2-1-3-13(12)14)16(21)11-5-7-17-8-6-11/h1-8,12H,9-10H2,(H,19,20). The average Bonchev–Trinajstić information content (AvgIpc) is 2.86. The van der Waals surface area contributed by atoms with Gasteiger partial charge in [0.25, 0.3) is 5.91 Å². The number of aliphatic carboxylic acids is 1. The van der Waals surface area contributed by atoms with Crippen molar-refractivity contribution in [3.05, 3.63) is 59.9 Å². The zero-order chi connectivity index (χ0) is 14.8. The molecule has 0 saturated heterocycles. The fourth-order valence-corrected chi connectivity index (χ4v) is 2.72. The topological polar surface area (TPSA) is 70.5 Å². The summed E-state index contributed by atoms with van der Waals surface area (Å²) in [6.45, 7) is 0.396. The predicted molar refractivity (Wildman–Crippen MR) is 77.3 cm³/mol. The molecule has 0 bridgehead atoms. The SMILES string of the molecule is O=C(O)CC1CN(C(=O)c2ccncc2)c2ccccc21. The molecule has 2 heterocycles. The highest BCUT2D eigenvalue weighted by molar-refractivity contribution is 6.07. The van der Waals surface area contributed by atoms with Gasteiger partial charge in [0, 0.05) is 36.1 Å². The Hall–Kier alpha value is -2.69. The summed E-state index contributed by atoms with van der Waals surface area (Å²) in [5, 5.41) is 9.03. The van der Waals surface area contributed by atoms with E-state index in [-0.39, 0.29) is 18.2 Å². The van der Waals surface area contributed by atoms with Crippen LogP contribution < -0.4 is 4.90 Å². The monoisotopic (exact) mass is 282 g/mol. The number of rotatable bonds is 3. The van der Waals surface area contributed by atoms with E-state index in [9.17, 15) is 9.59 Å². The van der Waals surface area contributed by atoms with Crippen molar-refractivity contribution >= 4 is 17.6 Å². The number of hydrogen-bond acceptors (Lipinski definition) is 3. The van der Waals surface area contributed by atoms with Gasteiger partial charge in [0.2, 0.25) is 0 Å². The van der Waals surface area contributed by atoms with Crippen molar-refractivity contribution in [3.63, 3.8) is 0 Å². The molecule has 1 unspecified atom stereocenters. The lowest BCUT2D eigenvalue weighted by molar-refractivity contribution is -0.137. The summed E-state index contributed by atoms with van der Waals surface area (Å²) >= 11 is 0. The molecule has 0 spiro atoms.